The zero-order chi connectivity index (χ0) is 13.9. The Morgan fingerprint density at radius 1 is 1.61 bits per heavy atom. The fourth-order valence-electron chi connectivity index (χ4n) is 1.51. The minimum Gasteiger partial charge on any atom is -0.481 e. The van der Waals surface area contributed by atoms with Gasteiger partial charge < -0.3 is 10.0 Å². The molecule has 0 heterocycles. The summed E-state index contributed by atoms with van der Waals surface area (Å²) in [5.74, 6) is -1.36. The molecule has 0 fully saturated rings. The lowest BCUT2D eigenvalue weighted by Gasteiger charge is -2.22. The van der Waals surface area contributed by atoms with Crippen molar-refractivity contribution in [2.45, 2.75) is 6.92 Å². The zero-order valence-corrected chi connectivity index (χ0v) is 12.1. The van der Waals surface area contributed by atoms with E-state index in [2.05, 4.69) is 0 Å². The number of halogens is 1. The van der Waals surface area contributed by atoms with Crippen molar-refractivity contribution in [3.05, 3.63) is 31.9 Å². The minimum atomic E-state index is -0.862. The van der Waals surface area contributed by atoms with Crippen molar-refractivity contribution in [2.75, 3.05) is 18.5 Å². The summed E-state index contributed by atoms with van der Waals surface area (Å²) in [4.78, 5) is 22.7. The van der Waals surface area contributed by atoms with Crippen LogP contribution in [0.25, 0.3) is 0 Å². The van der Waals surface area contributed by atoms with Crippen LogP contribution in [-0.2, 0) is 4.79 Å². The van der Waals surface area contributed by atoms with Gasteiger partial charge in [-0.05, 0) is 28.7 Å². The van der Waals surface area contributed by atoms with E-state index >= 15 is 0 Å². The van der Waals surface area contributed by atoms with E-state index in [-0.39, 0.29) is 5.69 Å². The molecule has 1 aromatic carbocycles. The molecular weight excluding hydrogens is 351 g/mol. The first kappa shape index (κ1) is 14.7. The highest BCUT2D eigenvalue weighted by Crippen LogP contribution is 2.26. The lowest BCUT2D eigenvalue weighted by atomic mass is 10.1. The van der Waals surface area contributed by atoms with Gasteiger partial charge >= 0.3 is 5.97 Å². The summed E-state index contributed by atoms with van der Waals surface area (Å²) in [6.07, 6.45) is 0. The summed E-state index contributed by atoms with van der Waals surface area (Å²) in [7, 11) is 1.77. The van der Waals surface area contributed by atoms with Crippen LogP contribution in [0.4, 0.5) is 11.4 Å². The highest BCUT2D eigenvalue weighted by atomic mass is 127. The molecule has 1 rings (SSSR count). The zero-order valence-electron chi connectivity index (χ0n) is 9.96. The average Bonchev–Trinajstić information content (AvgIpc) is 2.28. The highest BCUT2D eigenvalue weighted by molar-refractivity contribution is 14.1. The molecule has 0 radical (unpaired) electrons. The van der Waals surface area contributed by atoms with Crippen molar-refractivity contribution in [1.82, 2.24) is 0 Å². The first-order valence-corrected chi connectivity index (χ1v) is 6.28. The first-order chi connectivity index (χ1) is 8.32. The van der Waals surface area contributed by atoms with Crippen molar-refractivity contribution < 1.29 is 14.8 Å². The third kappa shape index (κ3) is 3.56. The summed E-state index contributed by atoms with van der Waals surface area (Å²) in [6, 6.07) is 4.52. The van der Waals surface area contributed by atoms with E-state index in [9.17, 15) is 14.9 Å². The maximum atomic E-state index is 10.8. The van der Waals surface area contributed by atoms with Crippen LogP contribution in [0.1, 0.15) is 6.92 Å². The standard InChI is InChI=1S/C11H13IN2O4/c1-7(11(15)16)6-13(2)10-4-3-8(14(17)18)5-9(10)12/h3-5,7H,6H2,1-2H3,(H,15,16). The van der Waals surface area contributed by atoms with Gasteiger partial charge in [-0.3, -0.25) is 14.9 Å². The maximum Gasteiger partial charge on any atom is 0.308 e. The van der Waals surface area contributed by atoms with Crippen LogP contribution in [0.2, 0.25) is 0 Å². The Morgan fingerprint density at radius 3 is 2.67 bits per heavy atom. The number of nitro benzene ring substituents is 1. The van der Waals surface area contributed by atoms with Crippen LogP contribution in [0.5, 0.6) is 0 Å². The summed E-state index contributed by atoms with van der Waals surface area (Å²) in [5, 5.41) is 19.5. The topological polar surface area (TPSA) is 83.7 Å². The number of aliphatic carboxylic acids is 1. The van der Waals surface area contributed by atoms with E-state index in [1.807, 2.05) is 22.6 Å². The molecule has 0 amide bonds. The van der Waals surface area contributed by atoms with Crippen LogP contribution in [0, 0.1) is 19.6 Å². The Labute approximate surface area is 118 Å². The van der Waals surface area contributed by atoms with E-state index in [1.165, 1.54) is 12.1 Å². The molecule has 1 aromatic rings. The molecule has 0 spiro atoms. The van der Waals surface area contributed by atoms with Gasteiger partial charge in [0.1, 0.15) is 0 Å². The molecule has 18 heavy (non-hydrogen) atoms. The summed E-state index contributed by atoms with van der Waals surface area (Å²) >= 11 is 2.01. The fourth-order valence-corrected chi connectivity index (χ4v) is 2.42. The van der Waals surface area contributed by atoms with E-state index in [1.54, 1.807) is 24.9 Å². The van der Waals surface area contributed by atoms with Gasteiger partial charge in [0.15, 0.2) is 0 Å². The number of anilines is 1. The van der Waals surface area contributed by atoms with Crippen LogP contribution in [0.3, 0.4) is 0 Å². The summed E-state index contributed by atoms with van der Waals surface area (Å²) in [6.45, 7) is 1.97. The molecular formula is C11H13IN2O4. The Balaban J connectivity index is 2.90. The molecule has 1 unspecified atom stereocenters. The van der Waals surface area contributed by atoms with Crippen molar-refractivity contribution in [3.63, 3.8) is 0 Å². The minimum absolute atomic E-state index is 0.0304. The average molecular weight is 364 g/mol. The van der Waals surface area contributed by atoms with Gasteiger partial charge in [0.25, 0.3) is 5.69 Å². The molecule has 0 saturated heterocycles. The number of rotatable bonds is 5. The van der Waals surface area contributed by atoms with Crippen molar-refractivity contribution >= 4 is 39.9 Å². The predicted molar refractivity (Wildman–Crippen MR) is 75.9 cm³/mol. The maximum absolute atomic E-state index is 10.8. The molecule has 0 aliphatic heterocycles. The molecule has 7 heteroatoms. The van der Waals surface area contributed by atoms with Gasteiger partial charge in [-0.1, -0.05) is 6.92 Å². The second-order valence-corrected chi connectivity index (χ2v) is 5.17. The Bertz CT molecular complexity index is 478. The number of hydrogen-bond donors (Lipinski definition) is 1. The van der Waals surface area contributed by atoms with Crippen molar-refractivity contribution in [1.29, 1.82) is 0 Å². The number of benzene rings is 1. The molecule has 0 aliphatic carbocycles. The van der Waals surface area contributed by atoms with Gasteiger partial charge in [-0.2, -0.15) is 0 Å². The molecule has 0 bridgehead atoms. The monoisotopic (exact) mass is 364 g/mol. The largest absolute Gasteiger partial charge is 0.481 e. The van der Waals surface area contributed by atoms with E-state index in [0.717, 1.165) is 9.26 Å². The summed E-state index contributed by atoms with van der Waals surface area (Å²) in [5.41, 5.74) is 0.817. The lowest BCUT2D eigenvalue weighted by Crippen LogP contribution is -2.28. The number of carbonyl (C=O) groups is 1. The Hall–Kier alpha value is -1.38. The third-order valence-corrected chi connectivity index (χ3v) is 3.39. The van der Waals surface area contributed by atoms with Crippen LogP contribution < -0.4 is 4.90 Å². The number of hydrogen-bond acceptors (Lipinski definition) is 4. The summed E-state index contributed by atoms with van der Waals surface area (Å²) < 4.78 is 0.724. The molecule has 0 aliphatic rings. The molecule has 0 saturated carbocycles. The van der Waals surface area contributed by atoms with Gasteiger partial charge in [0.05, 0.1) is 16.5 Å². The van der Waals surface area contributed by atoms with Gasteiger partial charge in [-0.15, -0.1) is 0 Å². The lowest BCUT2D eigenvalue weighted by molar-refractivity contribution is -0.384. The second-order valence-electron chi connectivity index (χ2n) is 4.01. The van der Waals surface area contributed by atoms with Crippen molar-refractivity contribution in [2.24, 2.45) is 5.92 Å². The molecule has 98 valence electrons. The quantitative estimate of drug-likeness (QED) is 0.493. The number of nitrogens with zero attached hydrogens (tertiary/aromatic N) is 2. The normalized spacial score (nSPS) is 11.9. The first-order valence-electron chi connectivity index (χ1n) is 5.20. The van der Waals surface area contributed by atoms with Gasteiger partial charge in [-0.25, -0.2) is 0 Å². The van der Waals surface area contributed by atoms with Gasteiger partial charge in [0.2, 0.25) is 0 Å². The smallest absolute Gasteiger partial charge is 0.308 e. The predicted octanol–water partition coefficient (Wildman–Crippen LogP) is 2.36. The molecule has 1 N–H and O–H groups in total. The number of carboxylic acids is 1. The fraction of sp³-hybridized carbons (Fsp3) is 0.364. The van der Waals surface area contributed by atoms with E-state index < -0.39 is 16.8 Å². The van der Waals surface area contributed by atoms with Crippen LogP contribution >= 0.6 is 22.6 Å². The Morgan fingerprint density at radius 2 is 2.22 bits per heavy atom. The van der Waals surface area contributed by atoms with Crippen molar-refractivity contribution in [3.8, 4) is 0 Å². The molecule has 0 aromatic heterocycles. The second kappa shape index (κ2) is 5.98. The number of non-ortho nitro benzene ring substituents is 1. The number of nitro groups is 1. The van der Waals surface area contributed by atoms with E-state index in [4.69, 9.17) is 5.11 Å². The van der Waals surface area contributed by atoms with Crippen LogP contribution in [0.15, 0.2) is 18.2 Å². The third-order valence-electron chi connectivity index (χ3n) is 2.52. The molecule has 1 atom stereocenters. The highest BCUT2D eigenvalue weighted by Gasteiger charge is 2.17. The molecule has 6 nitrogen and oxygen atoms in total. The SMILES string of the molecule is CC(CN(C)c1ccc([N+](=O)[O-])cc1I)C(=O)O. The number of carboxylic acid groups (broad SMARTS) is 1. The van der Waals surface area contributed by atoms with Gasteiger partial charge in [0, 0.05) is 29.3 Å². The van der Waals surface area contributed by atoms with Crippen LogP contribution in [-0.4, -0.2) is 29.6 Å². The Kier molecular flexibility index (Phi) is 4.88. The van der Waals surface area contributed by atoms with E-state index in [0.29, 0.717) is 6.54 Å².